The average Bonchev–Trinajstić information content (AvgIpc) is 4.05. The predicted octanol–water partition coefficient (Wildman–Crippen LogP) is 8.06. The molecule has 2 amide bonds. The lowest BCUT2D eigenvalue weighted by Gasteiger charge is -2.24. The molecular formula is C47H42ClF10N7O11S2. The molecule has 18 nitrogen and oxygen atoms in total. The Morgan fingerprint density at radius 3 is 2.09 bits per heavy atom. The van der Waals surface area contributed by atoms with Gasteiger partial charge in [0.2, 0.25) is 22.7 Å². The number of hydrogen-bond acceptors (Lipinski definition) is 14. The van der Waals surface area contributed by atoms with Crippen molar-refractivity contribution in [3.63, 3.8) is 0 Å². The van der Waals surface area contributed by atoms with Crippen LogP contribution >= 0.6 is 11.6 Å². The smallest absolute Gasteiger partial charge is 0.435 e. The lowest BCUT2D eigenvalue weighted by Crippen LogP contribution is -2.37. The monoisotopic (exact) mass is 1170 g/mol. The van der Waals surface area contributed by atoms with Crippen LogP contribution in [-0.2, 0) is 80.1 Å². The summed E-state index contributed by atoms with van der Waals surface area (Å²) >= 11 is 6.60. The highest BCUT2D eigenvalue weighted by Crippen LogP contribution is 2.55. The summed E-state index contributed by atoms with van der Waals surface area (Å²) in [7, 11) is -8.01. The molecule has 0 fully saturated rings. The summed E-state index contributed by atoms with van der Waals surface area (Å²) < 4.78 is 212. The number of benzene rings is 2. The number of amides is 2. The quantitative estimate of drug-likeness (QED) is 0.0344. The number of ether oxygens (including phenoxy) is 3. The Morgan fingerprint density at radius 2 is 1.51 bits per heavy atom. The maximum absolute atomic E-state index is 15.8. The fraction of sp³-hybridized carbons (Fsp3) is 0.383. The van der Waals surface area contributed by atoms with E-state index in [4.69, 9.17) is 16.3 Å². The number of anilines is 1. The second-order valence-electron chi connectivity index (χ2n) is 18.0. The van der Waals surface area contributed by atoms with E-state index in [1.54, 1.807) is 0 Å². The van der Waals surface area contributed by atoms with E-state index in [9.17, 15) is 71.1 Å². The number of nitrogens with one attached hydrogen (secondary N) is 1. The molecule has 2 aromatic carbocycles. The number of fused-ring (bicyclic) bond motifs is 2. The van der Waals surface area contributed by atoms with E-state index in [0.717, 1.165) is 63.6 Å². The number of carbonyl (C=O) groups is 4. The summed E-state index contributed by atoms with van der Waals surface area (Å²) in [6, 6.07) is 4.30. The van der Waals surface area contributed by atoms with Crippen molar-refractivity contribution in [2.45, 2.75) is 82.2 Å². The number of sulfone groups is 1. The van der Waals surface area contributed by atoms with Crippen LogP contribution in [0.4, 0.5) is 54.5 Å². The van der Waals surface area contributed by atoms with E-state index in [0.29, 0.717) is 24.5 Å². The van der Waals surface area contributed by atoms with Crippen molar-refractivity contribution in [1.29, 1.82) is 0 Å². The Balaban J connectivity index is 1.61. The number of sulfonamides is 1. The SMILES string of the molecule is COC(=O)/C=C/C(=O)OCOC(=O)N(c1nn(CC(F)(F)F)c2c(-c3ccc(C#CC(C)(C)S(C)(=O)=O)nc3[C@H](Cc3cc(F)cc(F)c3)NC(=O)Cn3nc(C(F)(F)F)c4c3C(F)(F)[C@H](C)[C@@H]4C)ccc(Cl)c12)S(C)(=O)=O. The van der Waals surface area contributed by atoms with Crippen LogP contribution in [0.25, 0.3) is 22.0 Å². The van der Waals surface area contributed by atoms with Crippen molar-refractivity contribution in [1.82, 2.24) is 29.9 Å². The maximum Gasteiger partial charge on any atom is 0.435 e. The van der Waals surface area contributed by atoms with Gasteiger partial charge in [-0.3, -0.25) is 14.2 Å². The Labute approximate surface area is 441 Å². The van der Waals surface area contributed by atoms with Gasteiger partial charge in [0.1, 0.15) is 40.9 Å². The van der Waals surface area contributed by atoms with E-state index in [-0.39, 0.29) is 24.9 Å². The fourth-order valence-electron chi connectivity index (χ4n) is 8.00. The molecule has 0 aliphatic heterocycles. The van der Waals surface area contributed by atoms with Crippen molar-refractivity contribution >= 4 is 72.1 Å². The number of rotatable bonds is 15. The van der Waals surface area contributed by atoms with Crippen molar-refractivity contribution in [3.8, 4) is 23.0 Å². The van der Waals surface area contributed by atoms with Crippen molar-refractivity contribution in [3.05, 3.63) is 105 Å². The van der Waals surface area contributed by atoms with Gasteiger partial charge < -0.3 is 19.5 Å². The molecule has 0 unspecified atom stereocenters. The second-order valence-corrected chi connectivity index (χ2v) is 22.8. The number of pyridine rings is 1. The molecule has 420 valence electrons. The van der Waals surface area contributed by atoms with Crippen LogP contribution in [0.15, 0.2) is 54.6 Å². The highest BCUT2D eigenvalue weighted by molar-refractivity contribution is 7.93. The first-order valence-corrected chi connectivity index (χ1v) is 26.4. The average molecular weight is 1170 g/mol. The van der Waals surface area contributed by atoms with Gasteiger partial charge in [-0.25, -0.2) is 45.0 Å². The van der Waals surface area contributed by atoms with Crippen LogP contribution in [0.3, 0.4) is 0 Å². The molecule has 5 aromatic rings. The van der Waals surface area contributed by atoms with Gasteiger partial charge >= 0.3 is 30.4 Å². The molecule has 1 N–H and O–H groups in total. The number of aromatic nitrogens is 5. The minimum atomic E-state index is -5.29. The zero-order chi connectivity index (χ0) is 58.4. The summed E-state index contributed by atoms with van der Waals surface area (Å²) in [6.07, 6.45) is -10.8. The van der Waals surface area contributed by atoms with Gasteiger partial charge in [-0.15, -0.1) is 0 Å². The Bertz CT molecular complexity index is 3550. The van der Waals surface area contributed by atoms with Crippen LogP contribution in [0.2, 0.25) is 5.02 Å². The predicted molar refractivity (Wildman–Crippen MR) is 255 cm³/mol. The molecule has 78 heavy (non-hydrogen) atoms. The normalized spacial score (nSPS) is 16.1. The first-order valence-electron chi connectivity index (χ1n) is 22.3. The molecule has 3 atom stereocenters. The number of carbonyl (C=O) groups excluding carboxylic acids is 4. The van der Waals surface area contributed by atoms with Crippen LogP contribution in [0.5, 0.6) is 0 Å². The summed E-state index contributed by atoms with van der Waals surface area (Å²) in [6.45, 7) is -0.310. The summed E-state index contributed by atoms with van der Waals surface area (Å²) in [5, 5.41) is 8.23. The number of methoxy groups -OCH3 is 1. The van der Waals surface area contributed by atoms with E-state index in [1.165, 1.54) is 13.8 Å². The van der Waals surface area contributed by atoms with Gasteiger partial charge in [-0.2, -0.15) is 49.6 Å². The van der Waals surface area contributed by atoms with Crippen LogP contribution in [0, 0.1) is 29.4 Å². The van der Waals surface area contributed by atoms with E-state index in [1.807, 2.05) is 0 Å². The molecule has 0 spiro atoms. The molecule has 0 saturated heterocycles. The number of hydrogen-bond donors (Lipinski definition) is 1. The van der Waals surface area contributed by atoms with Gasteiger partial charge in [0.15, 0.2) is 21.3 Å². The molecular weight excluding hydrogens is 1130 g/mol. The topological polar surface area (TPSA) is 228 Å². The summed E-state index contributed by atoms with van der Waals surface area (Å²) in [5.74, 6) is -9.35. The van der Waals surface area contributed by atoms with Crippen LogP contribution in [-0.4, -0.2) is 103 Å². The molecule has 1 aliphatic carbocycles. The highest BCUT2D eigenvalue weighted by atomic mass is 35.5. The molecule has 3 aromatic heterocycles. The van der Waals surface area contributed by atoms with Crippen molar-refractivity contribution in [2.75, 3.05) is 30.7 Å². The number of esters is 2. The zero-order valence-electron chi connectivity index (χ0n) is 41.4. The Morgan fingerprint density at radius 1 is 0.897 bits per heavy atom. The summed E-state index contributed by atoms with van der Waals surface area (Å²) in [4.78, 5) is 55.8. The lowest BCUT2D eigenvalue weighted by atomic mass is 9.93. The zero-order valence-corrected chi connectivity index (χ0v) is 43.8. The molecule has 1 aliphatic rings. The first kappa shape index (κ1) is 60.0. The minimum Gasteiger partial charge on any atom is -0.466 e. The van der Waals surface area contributed by atoms with Gasteiger partial charge in [0.05, 0.1) is 41.0 Å². The maximum atomic E-state index is 15.8. The van der Waals surface area contributed by atoms with E-state index >= 15 is 8.78 Å². The van der Waals surface area contributed by atoms with Crippen molar-refractivity contribution < 1.29 is 94.1 Å². The fourth-order valence-corrected chi connectivity index (χ4v) is 9.24. The van der Waals surface area contributed by atoms with Gasteiger partial charge in [-0.05, 0) is 68.0 Å². The van der Waals surface area contributed by atoms with E-state index in [2.05, 4.69) is 41.8 Å². The summed E-state index contributed by atoms with van der Waals surface area (Å²) in [5.41, 5.74) is -6.65. The van der Waals surface area contributed by atoms with E-state index < -0.39 is 178 Å². The Kier molecular flexibility index (Phi) is 16.8. The number of halogens is 11. The Hall–Kier alpha value is -7.26. The third-order valence-electron chi connectivity index (χ3n) is 12.1. The number of nitrogens with zero attached hydrogens (tertiary/aromatic N) is 6. The molecule has 0 radical (unpaired) electrons. The molecule has 0 saturated carbocycles. The highest BCUT2D eigenvalue weighted by Gasteiger charge is 2.57. The largest absolute Gasteiger partial charge is 0.466 e. The van der Waals surface area contributed by atoms with Crippen LogP contribution in [0.1, 0.15) is 73.6 Å². The van der Waals surface area contributed by atoms with Crippen molar-refractivity contribution in [2.24, 2.45) is 5.92 Å². The first-order chi connectivity index (χ1) is 35.9. The molecule has 0 bridgehead atoms. The third kappa shape index (κ3) is 13.0. The number of alkyl halides is 8. The standard InChI is InChI=1S/C47H42ClF10N7O11S2/c1-23-24(2)46(54,55)41-36(23)40(47(56,57)58)61-63(41)20-33(66)60-32(18-25-16-26(49)19-27(50)17-25)38-29(9-8-28(59-38)14-15-44(3,4)77(6,70)71)30-10-11-31(48)37-39(30)64(21-45(51,52)53)62-42(37)65(78(7,72)73)43(69)76-22-75-35(68)13-12-34(67)74-5/h8-13,16-17,19,23-24,32H,18,20-22H2,1-7H3,(H,60,66)/b13-12+/t23-,24+,32-/m0/s1. The molecule has 6 rings (SSSR count). The molecule has 31 heteroatoms. The van der Waals surface area contributed by atoms with Crippen LogP contribution < -0.4 is 9.62 Å². The third-order valence-corrected chi connectivity index (χ3v) is 15.3. The second kappa shape index (κ2) is 21.9. The van der Waals surface area contributed by atoms with Gasteiger partial charge in [0.25, 0.3) is 5.92 Å². The van der Waals surface area contributed by atoms with Gasteiger partial charge in [-0.1, -0.05) is 37.4 Å². The lowest BCUT2D eigenvalue weighted by molar-refractivity contribution is -0.146. The molecule has 3 heterocycles. The van der Waals surface area contributed by atoms with Gasteiger partial charge in [0, 0.05) is 47.1 Å². The minimum absolute atomic E-state index is 0.140.